The van der Waals surface area contributed by atoms with Crippen molar-refractivity contribution >= 4 is 23.3 Å². The topological polar surface area (TPSA) is 79.5 Å². The van der Waals surface area contributed by atoms with E-state index in [-0.39, 0.29) is 29.5 Å². The first-order chi connectivity index (χ1) is 8.61. The predicted molar refractivity (Wildman–Crippen MR) is 69.4 cm³/mol. The normalized spacial score (nSPS) is 19.9. The van der Waals surface area contributed by atoms with Crippen molar-refractivity contribution in [2.75, 3.05) is 18.9 Å². The molecule has 2 heterocycles. The Bertz CT molecular complexity index is 433. The summed E-state index contributed by atoms with van der Waals surface area (Å²) < 4.78 is 0. The third-order valence-electron chi connectivity index (χ3n) is 3.16. The first-order valence-corrected chi connectivity index (χ1v) is 6.34. The van der Waals surface area contributed by atoms with E-state index in [9.17, 15) is 9.90 Å². The zero-order chi connectivity index (χ0) is 13.1. The van der Waals surface area contributed by atoms with Gasteiger partial charge in [0.2, 0.25) is 0 Å². The Kier molecular flexibility index (Phi) is 4.04. The number of hydrogen-bond acceptors (Lipinski definition) is 4. The molecule has 0 radical (unpaired) electrons. The van der Waals surface area contributed by atoms with Crippen LogP contribution in [-0.2, 0) is 0 Å². The van der Waals surface area contributed by atoms with Gasteiger partial charge in [0.05, 0.1) is 12.6 Å². The number of carbonyl (C=O) groups excluding carboxylic acids is 1. The maximum Gasteiger partial charge on any atom is 0.254 e. The van der Waals surface area contributed by atoms with Crippen LogP contribution in [-0.4, -0.2) is 40.1 Å². The zero-order valence-corrected chi connectivity index (χ0v) is 10.7. The highest BCUT2D eigenvalue weighted by atomic mass is 35.5. The number of anilines is 1. The molecule has 1 fully saturated rings. The third-order valence-corrected chi connectivity index (χ3v) is 3.35. The van der Waals surface area contributed by atoms with Crippen molar-refractivity contribution < 1.29 is 9.90 Å². The van der Waals surface area contributed by atoms with Gasteiger partial charge in [-0.15, -0.1) is 0 Å². The van der Waals surface area contributed by atoms with Gasteiger partial charge in [0, 0.05) is 12.1 Å². The molecule has 6 heteroatoms. The lowest BCUT2D eigenvalue weighted by Gasteiger charge is -2.34. The standard InChI is InChI=1S/C12H16ClN3O2/c13-10-5-8(6-11(14)15-10)12(18)16-4-2-1-3-9(16)7-17/h5-6,9,17H,1-4,7H2,(H2,14,15). The molecule has 0 bridgehead atoms. The number of nitrogens with two attached hydrogens (primary N) is 1. The van der Waals surface area contributed by atoms with E-state index in [0.717, 1.165) is 19.3 Å². The van der Waals surface area contributed by atoms with E-state index < -0.39 is 0 Å². The Hall–Kier alpha value is -1.33. The largest absolute Gasteiger partial charge is 0.394 e. The summed E-state index contributed by atoms with van der Waals surface area (Å²) in [5, 5.41) is 9.51. The van der Waals surface area contributed by atoms with Crippen LogP contribution in [0, 0.1) is 0 Å². The van der Waals surface area contributed by atoms with Crippen molar-refractivity contribution in [2.24, 2.45) is 0 Å². The molecule has 1 aliphatic heterocycles. The molecule has 0 aliphatic carbocycles. The molecule has 18 heavy (non-hydrogen) atoms. The van der Waals surface area contributed by atoms with Crippen LogP contribution >= 0.6 is 11.6 Å². The molecule has 1 saturated heterocycles. The quantitative estimate of drug-likeness (QED) is 0.794. The van der Waals surface area contributed by atoms with Crippen molar-refractivity contribution in [3.63, 3.8) is 0 Å². The first-order valence-electron chi connectivity index (χ1n) is 5.96. The van der Waals surface area contributed by atoms with E-state index >= 15 is 0 Å². The molecule has 2 rings (SSSR count). The molecule has 3 N–H and O–H groups in total. The fourth-order valence-corrected chi connectivity index (χ4v) is 2.48. The van der Waals surface area contributed by atoms with Gasteiger partial charge in [0.15, 0.2) is 0 Å². The van der Waals surface area contributed by atoms with Gasteiger partial charge in [-0.3, -0.25) is 4.79 Å². The number of piperidine rings is 1. The number of pyridine rings is 1. The Morgan fingerprint density at radius 3 is 3.00 bits per heavy atom. The highest BCUT2D eigenvalue weighted by Crippen LogP contribution is 2.21. The Morgan fingerprint density at radius 2 is 2.33 bits per heavy atom. The summed E-state index contributed by atoms with van der Waals surface area (Å²) in [6.07, 6.45) is 2.82. The summed E-state index contributed by atoms with van der Waals surface area (Å²) in [6.45, 7) is 0.643. The minimum Gasteiger partial charge on any atom is -0.394 e. The molecule has 0 aromatic carbocycles. The minimum absolute atomic E-state index is 0.0139. The molecule has 1 aliphatic rings. The summed E-state index contributed by atoms with van der Waals surface area (Å²) >= 11 is 5.79. The first kappa shape index (κ1) is 13.1. The summed E-state index contributed by atoms with van der Waals surface area (Å²) in [5.74, 6) is 0.0770. The number of halogens is 1. The molecule has 0 saturated carbocycles. The second kappa shape index (κ2) is 5.54. The average Bonchev–Trinajstić information content (AvgIpc) is 2.36. The summed E-state index contributed by atoms with van der Waals surface area (Å²) in [7, 11) is 0. The van der Waals surface area contributed by atoms with Crippen LogP contribution in [0.4, 0.5) is 5.82 Å². The van der Waals surface area contributed by atoms with Crippen molar-refractivity contribution in [3.8, 4) is 0 Å². The molecule has 98 valence electrons. The Morgan fingerprint density at radius 1 is 1.56 bits per heavy atom. The van der Waals surface area contributed by atoms with E-state index in [0.29, 0.717) is 12.1 Å². The van der Waals surface area contributed by atoms with E-state index in [4.69, 9.17) is 17.3 Å². The van der Waals surface area contributed by atoms with Crippen molar-refractivity contribution in [1.29, 1.82) is 0 Å². The number of carbonyl (C=O) groups is 1. The fourth-order valence-electron chi connectivity index (χ4n) is 2.26. The van der Waals surface area contributed by atoms with E-state index in [1.54, 1.807) is 4.90 Å². The molecule has 1 aromatic heterocycles. The van der Waals surface area contributed by atoms with E-state index in [1.165, 1.54) is 12.1 Å². The highest BCUT2D eigenvalue weighted by Gasteiger charge is 2.27. The number of rotatable bonds is 2. The highest BCUT2D eigenvalue weighted by molar-refractivity contribution is 6.29. The van der Waals surface area contributed by atoms with Crippen LogP contribution < -0.4 is 5.73 Å². The Labute approximate surface area is 111 Å². The monoisotopic (exact) mass is 269 g/mol. The number of nitrogens with zero attached hydrogens (tertiary/aromatic N) is 2. The second-order valence-electron chi connectivity index (χ2n) is 4.43. The van der Waals surface area contributed by atoms with Crippen LogP contribution in [0.2, 0.25) is 5.15 Å². The van der Waals surface area contributed by atoms with Crippen molar-refractivity contribution in [3.05, 3.63) is 22.8 Å². The lowest BCUT2D eigenvalue weighted by atomic mass is 10.0. The van der Waals surface area contributed by atoms with Gasteiger partial charge in [-0.25, -0.2) is 4.98 Å². The van der Waals surface area contributed by atoms with Gasteiger partial charge in [0.25, 0.3) is 5.91 Å². The van der Waals surface area contributed by atoms with E-state index in [2.05, 4.69) is 4.98 Å². The molecule has 1 unspecified atom stereocenters. The molecular formula is C12H16ClN3O2. The molecule has 0 spiro atoms. The molecule has 1 atom stereocenters. The summed E-state index contributed by atoms with van der Waals surface area (Å²) in [4.78, 5) is 17.9. The minimum atomic E-state index is -0.148. The number of hydrogen-bond donors (Lipinski definition) is 2. The zero-order valence-electron chi connectivity index (χ0n) is 9.97. The van der Waals surface area contributed by atoms with Crippen LogP contribution in [0.25, 0.3) is 0 Å². The van der Waals surface area contributed by atoms with Crippen LogP contribution in [0.15, 0.2) is 12.1 Å². The van der Waals surface area contributed by atoms with Crippen molar-refractivity contribution in [2.45, 2.75) is 25.3 Å². The smallest absolute Gasteiger partial charge is 0.254 e. The SMILES string of the molecule is Nc1cc(C(=O)N2CCCCC2CO)cc(Cl)n1. The van der Waals surface area contributed by atoms with Crippen LogP contribution in [0.3, 0.4) is 0 Å². The lowest BCUT2D eigenvalue weighted by molar-refractivity contribution is 0.0503. The number of aliphatic hydroxyl groups is 1. The lowest BCUT2D eigenvalue weighted by Crippen LogP contribution is -2.45. The number of aromatic nitrogens is 1. The molecule has 1 amide bonds. The van der Waals surface area contributed by atoms with Gasteiger partial charge in [-0.1, -0.05) is 11.6 Å². The maximum absolute atomic E-state index is 12.3. The van der Waals surface area contributed by atoms with Gasteiger partial charge in [-0.2, -0.15) is 0 Å². The molecular weight excluding hydrogens is 254 g/mol. The second-order valence-corrected chi connectivity index (χ2v) is 4.82. The third kappa shape index (κ3) is 2.73. The fraction of sp³-hybridized carbons (Fsp3) is 0.500. The predicted octanol–water partition coefficient (Wildman–Crippen LogP) is 1.30. The van der Waals surface area contributed by atoms with Crippen LogP contribution in [0.5, 0.6) is 0 Å². The molecule has 1 aromatic rings. The van der Waals surface area contributed by atoms with Gasteiger partial charge in [0.1, 0.15) is 11.0 Å². The number of amides is 1. The van der Waals surface area contributed by atoms with Gasteiger partial charge >= 0.3 is 0 Å². The van der Waals surface area contributed by atoms with Gasteiger partial charge < -0.3 is 15.7 Å². The average molecular weight is 270 g/mol. The van der Waals surface area contributed by atoms with E-state index in [1.807, 2.05) is 0 Å². The van der Waals surface area contributed by atoms with Gasteiger partial charge in [-0.05, 0) is 31.4 Å². The molecule has 5 nitrogen and oxygen atoms in total. The Balaban J connectivity index is 2.23. The number of nitrogen functional groups attached to an aromatic ring is 1. The number of aliphatic hydroxyl groups excluding tert-OH is 1. The maximum atomic E-state index is 12.3. The van der Waals surface area contributed by atoms with Crippen molar-refractivity contribution in [1.82, 2.24) is 9.88 Å². The summed E-state index contributed by atoms with van der Waals surface area (Å²) in [5.41, 5.74) is 6.00. The summed E-state index contributed by atoms with van der Waals surface area (Å²) in [6, 6.07) is 2.90. The number of likely N-dealkylation sites (tertiary alicyclic amines) is 1. The van der Waals surface area contributed by atoms with Crippen LogP contribution in [0.1, 0.15) is 29.6 Å².